The highest BCUT2D eigenvalue weighted by molar-refractivity contribution is 5.03. The number of hydrogen-bond acceptors (Lipinski definition) is 1. The molecule has 3 unspecified atom stereocenters. The molecule has 4 heteroatoms. The lowest BCUT2D eigenvalue weighted by atomic mass is 9.73. The molecule has 1 N–H and O–H groups in total. The predicted octanol–water partition coefficient (Wildman–Crippen LogP) is 2.35. The van der Waals surface area contributed by atoms with Crippen molar-refractivity contribution in [2.75, 3.05) is 6.61 Å². The minimum atomic E-state index is -4.22. The van der Waals surface area contributed by atoms with E-state index in [0.717, 1.165) is 6.42 Å². The van der Waals surface area contributed by atoms with Crippen LogP contribution in [0, 0.1) is 17.3 Å². The van der Waals surface area contributed by atoms with Crippen molar-refractivity contribution >= 4 is 0 Å². The smallest absolute Gasteiger partial charge is 0.395 e. The Labute approximate surface area is 74.9 Å². The normalized spacial score (nSPS) is 44.3. The van der Waals surface area contributed by atoms with Crippen LogP contribution in [0.5, 0.6) is 0 Å². The third-order valence-corrected chi connectivity index (χ3v) is 3.82. The largest absolute Gasteiger partial charge is 0.396 e. The standard InChI is InChI=1S/C9H13F3O/c10-9(11,12)8(5-13)4-6-1-2-7(8)3-6/h6-7,13H,1-5H2. The van der Waals surface area contributed by atoms with Crippen LogP contribution in [0.1, 0.15) is 25.7 Å². The van der Waals surface area contributed by atoms with Crippen molar-refractivity contribution in [2.24, 2.45) is 17.3 Å². The molecule has 2 aliphatic rings. The Morgan fingerprint density at radius 3 is 2.23 bits per heavy atom. The lowest BCUT2D eigenvalue weighted by Gasteiger charge is -2.37. The summed E-state index contributed by atoms with van der Waals surface area (Å²) >= 11 is 0. The first kappa shape index (κ1) is 9.31. The Kier molecular flexibility index (Phi) is 1.88. The molecule has 2 fully saturated rings. The van der Waals surface area contributed by atoms with Gasteiger partial charge in [-0.05, 0) is 31.1 Å². The van der Waals surface area contributed by atoms with Gasteiger partial charge < -0.3 is 5.11 Å². The van der Waals surface area contributed by atoms with Crippen LogP contribution < -0.4 is 0 Å². The van der Waals surface area contributed by atoms with Gasteiger partial charge in [0.25, 0.3) is 0 Å². The van der Waals surface area contributed by atoms with Gasteiger partial charge in [-0.3, -0.25) is 0 Å². The molecule has 0 aromatic heterocycles. The molecule has 1 nitrogen and oxygen atoms in total. The first-order valence-electron chi connectivity index (χ1n) is 4.67. The summed E-state index contributed by atoms with van der Waals surface area (Å²) in [4.78, 5) is 0. The third-order valence-electron chi connectivity index (χ3n) is 3.82. The first-order chi connectivity index (χ1) is 5.99. The molecule has 0 aromatic carbocycles. The van der Waals surface area contributed by atoms with Crippen molar-refractivity contribution in [3.05, 3.63) is 0 Å². The molecule has 0 saturated heterocycles. The SMILES string of the molecule is OCC1(C(F)(F)F)CC2CCC1C2. The molecular formula is C9H13F3O. The highest BCUT2D eigenvalue weighted by atomic mass is 19.4. The van der Waals surface area contributed by atoms with Gasteiger partial charge in [-0.1, -0.05) is 6.42 Å². The molecule has 2 bridgehead atoms. The Hall–Kier alpha value is -0.250. The summed E-state index contributed by atoms with van der Waals surface area (Å²) in [5.74, 6) is -0.110. The Morgan fingerprint density at radius 1 is 1.31 bits per heavy atom. The number of fused-ring (bicyclic) bond motifs is 2. The van der Waals surface area contributed by atoms with E-state index in [1.54, 1.807) is 0 Å². The van der Waals surface area contributed by atoms with Gasteiger partial charge in [0.2, 0.25) is 0 Å². The van der Waals surface area contributed by atoms with Crippen molar-refractivity contribution < 1.29 is 18.3 Å². The summed E-state index contributed by atoms with van der Waals surface area (Å²) in [6.07, 6.45) is -1.84. The van der Waals surface area contributed by atoms with Crippen molar-refractivity contribution in [3.8, 4) is 0 Å². The summed E-state index contributed by atoms with van der Waals surface area (Å²) in [5, 5.41) is 8.95. The van der Waals surface area contributed by atoms with Crippen LogP contribution in [-0.4, -0.2) is 17.9 Å². The molecule has 0 radical (unpaired) electrons. The van der Waals surface area contributed by atoms with Gasteiger partial charge in [-0.15, -0.1) is 0 Å². The van der Waals surface area contributed by atoms with Crippen LogP contribution in [0.2, 0.25) is 0 Å². The van der Waals surface area contributed by atoms with Crippen LogP contribution in [-0.2, 0) is 0 Å². The topological polar surface area (TPSA) is 20.2 Å². The summed E-state index contributed by atoms with van der Waals surface area (Å²) in [6, 6.07) is 0. The Morgan fingerprint density at radius 2 is 2.00 bits per heavy atom. The molecule has 13 heavy (non-hydrogen) atoms. The van der Waals surface area contributed by atoms with Crippen LogP contribution in [0.3, 0.4) is 0 Å². The molecule has 2 saturated carbocycles. The number of hydrogen-bond donors (Lipinski definition) is 1. The van der Waals surface area contributed by atoms with Crippen molar-refractivity contribution in [1.29, 1.82) is 0 Å². The van der Waals surface area contributed by atoms with E-state index >= 15 is 0 Å². The molecule has 0 amide bonds. The first-order valence-corrected chi connectivity index (χ1v) is 4.67. The van der Waals surface area contributed by atoms with E-state index in [4.69, 9.17) is 5.11 Å². The van der Waals surface area contributed by atoms with Gasteiger partial charge >= 0.3 is 6.18 Å². The maximum Gasteiger partial charge on any atom is 0.396 e. The number of rotatable bonds is 1. The molecule has 2 rings (SSSR count). The van der Waals surface area contributed by atoms with Crippen molar-refractivity contribution in [1.82, 2.24) is 0 Å². The minimum Gasteiger partial charge on any atom is -0.395 e. The number of halogens is 3. The summed E-state index contributed by atoms with van der Waals surface area (Å²) < 4.78 is 38.1. The third kappa shape index (κ3) is 1.11. The van der Waals surface area contributed by atoms with Gasteiger partial charge in [0.1, 0.15) is 0 Å². The number of aliphatic hydroxyl groups is 1. The van der Waals surface area contributed by atoms with E-state index in [1.165, 1.54) is 0 Å². The van der Waals surface area contributed by atoms with E-state index in [0.29, 0.717) is 12.8 Å². The van der Waals surface area contributed by atoms with E-state index in [9.17, 15) is 13.2 Å². The van der Waals surface area contributed by atoms with Crippen molar-refractivity contribution in [3.63, 3.8) is 0 Å². The molecule has 0 aliphatic heterocycles. The fraction of sp³-hybridized carbons (Fsp3) is 1.00. The quantitative estimate of drug-likeness (QED) is 0.679. The van der Waals surface area contributed by atoms with Crippen LogP contribution in [0.4, 0.5) is 13.2 Å². The van der Waals surface area contributed by atoms with Gasteiger partial charge in [0, 0.05) is 0 Å². The van der Waals surface area contributed by atoms with Crippen LogP contribution in [0.25, 0.3) is 0 Å². The molecule has 76 valence electrons. The maximum absolute atomic E-state index is 12.7. The Bertz CT molecular complexity index is 213. The average molecular weight is 194 g/mol. The van der Waals surface area contributed by atoms with Crippen molar-refractivity contribution in [2.45, 2.75) is 31.9 Å². The Balaban J connectivity index is 2.27. The van der Waals surface area contributed by atoms with E-state index in [2.05, 4.69) is 0 Å². The van der Waals surface area contributed by atoms with Gasteiger partial charge in [0.05, 0.1) is 12.0 Å². The molecular weight excluding hydrogens is 181 g/mol. The van der Waals surface area contributed by atoms with E-state index in [-0.39, 0.29) is 18.3 Å². The second-order valence-corrected chi connectivity index (χ2v) is 4.39. The van der Waals surface area contributed by atoms with Gasteiger partial charge in [-0.25, -0.2) is 0 Å². The maximum atomic E-state index is 12.7. The van der Waals surface area contributed by atoms with Crippen LogP contribution in [0.15, 0.2) is 0 Å². The van der Waals surface area contributed by atoms with E-state index in [1.807, 2.05) is 0 Å². The summed E-state index contributed by atoms with van der Waals surface area (Å²) in [5.41, 5.74) is -1.75. The predicted molar refractivity (Wildman–Crippen MR) is 41.0 cm³/mol. The molecule has 0 aromatic rings. The monoisotopic (exact) mass is 194 g/mol. The zero-order valence-electron chi connectivity index (χ0n) is 7.27. The highest BCUT2D eigenvalue weighted by Crippen LogP contribution is 2.62. The molecule has 0 spiro atoms. The average Bonchev–Trinajstić information content (AvgIpc) is 2.60. The number of alkyl halides is 3. The molecule has 2 aliphatic carbocycles. The molecule has 3 atom stereocenters. The second kappa shape index (κ2) is 2.62. The fourth-order valence-corrected chi connectivity index (χ4v) is 3.07. The number of aliphatic hydroxyl groups excluding tert-OH is 1. The van der Waals surface area contributed by atoms with Gasteiger partial charge in [0.15, 0.2) is 0 Å². The molecule has 0 heterocycles. The zero-order chi connectivity index (χ0) is 9.69. The second-order valence-electron chi connectivity index (χ2n) is 4.39. The van der Waals surface area contributed by atoms with Gasteiger partial charge in [-0.2, -0.15) is 13.2 Å². The van der Waals surface area contributed by atoms with Crippen LogP contribution >= 0.6 is 0 Å². The summed E-state index contributed by atoms with van der Waals surface area (Å²) in [6.45, 7) is -0.725. The summed E-state index contributed by atoms with van der Waals surface area (Å²) in [7, 11) is 0. The lowest BCUT2D eigenvalue weighted by molar-refractivity contribution is -0.252. The lowest BCUT2D eigenvalue weighted by Crippen LogP contribution is -2.45. The fourth-order valence-electron chi connectivity index (χ4n) is 3.07. The van der Waals surface area contributed by atoms with E-state index < -0.39 is 18.2 Å². The highest BCUT2D eigenvalue weighted by Gasteiger charge is 2.64. The minimum absolute atomic E-state index is 0.150. The zero-order valence-corrected chi connectivity index (χ0v) is 7.27.